The maximum absolute atomic E-state index is 5.16. The summed E-state index contributed by atoms with van der Waals surface area (Å²) >= 11 is 0. The van der Waals surface area contributed by atoms with Crippen molar-refractivity contribution in [3.05, 3.63) is 30.7 Å². The molecular formula is C17H20N6O. The van der Waals surface area contributed by atoms with E-state index in [4.69, 9.17) is 4.74 Å². The summed E-state index contributed by atoms with van der Waals surface area (Å²) in [5.41, 5.74) is 3.67. The Hall–Kier alpha value is -2.67. The Bertz CT molecular complexity index is 840. The molecule has 4 heterocycles. The topological polar surface area (TPSA) is 87.8 Å². The van der Waals surface area contributed by atoms with E-state index in [9.17, 15) is 0 Å². The third-order valence-electron chi connectivity index (χ3n) is 4.32. The molecule has 4 rings (SSSR count). The lowest BCUT2D eigenvalue weighted by atomic mass is 10.0. The van der Waals surface area contributed by atoms with Gasteiger partial charge in [-0.05, 0) is 31.5 Å². The van der Waals surface area contributed by atoms with Crippen molar-refractivity contribution >= 4 is 16.7 Å². The summed E-state index contributed by atoms with van der Waals surface area (Å²) in [6.45, 7) is 2.05. The minimum Gasteiger partial charge on any atom is -0.467 e. The van der Waals surface area contributed by atoms with Crippen molar-refractivity contribution in [2.24, 2.45) is 0 Å². The van der Waals surface area contributed by atoms with Crippen molar-refractivity contribution < 1.29 is 4.74 Å². The number of hydrogen-bond donors (Lipinski definition) is 3. The minimum absolute atomic E-state index is 0.354. The van der Waals surface area contributed by atoms with Gasteiger partial charge in [0, 0.05) is 42.1 Å². The number of rotatable bonds is 4. The highest BCUT2D eigenvalue weighted by Gasteiger charge is 2.18. The number of aromatic amines is 1. The average Bonchev–Trinajstić information content (AvgIpc) is 3.12. The lowest BCUT2D eigenvalue weighted by Gasteiger charge is -2.26. The van der Waals surface area contributed by atoms with Crippen LogP contribution in [0, 0.1) is 0 Å². The summed E-state index contributed by atoms with van der Waals surface area (Å²) in [5, 5.41) is 8.20. The largest absolute Gasteiger partial charge is 0.467 e. The number of anilines is 1. The number of hydrogen-bond acceptors (Lipinski definition) is 6. The first kappa shape index (κ1) is 14.9. The van der Waals surface area contributed by atoms with E-state index in [-0.39, 0.29) is 0 Å². The van der Waals surface area contributed by atoms with E-state index >= 15 is 0 Å². The third kappa shape index (κ3) is 2.78. The highest BCUT2D eigenvalue weighted by atomic mass is 16.5. The van der Waals surface area contributed by atoms with Gasteiger partial charge >= 0.3 is 6.01 Å². The normalized spacial score (nSPS) is 17.8. The average molecular weight is 324 g/mol. The maximum atomic E-state index is 5.16. The molecule has 3 aromatic rings. The van der Waals surface area contributed by atoms with Crippen LogP contribution in [0.3, 0.4) is 0 Å². The molecule has 1 saturated heterocycles. The molecule has 124 valence electrons. The van der Waals surface area contributed by atoms with E-state index in [0.29, 0.717) is 12.1 Å². The van der Waals surface area contributed by atoms with Crippen LogP contribution in [0.4, 0.5) is 5.69 Å². The summed E-state index contributed by atoms with van der Waals surface area (Å²) in [6, 6.07) is 4.67. The fourth-order valence-corrected chi connectivity index (χ4v) is 3.13. The second kappa shape index (κ2) is 6.45. The van der Waals surface area contributed by atoms with Crippen molar-refractivity contribution in [2.75, 3.05) is 25.5 Å². The second-order valence-electron chi connectivity index (χ2n) is 5.90. The zero-order valence-corrected chi connectivity index (χ0v) is 13.5. The van der Waals surface area contributed by atoms with Crippen molar-refractivity contribution in [3.8, 4) is 17.3 Å². The molecule has 0 amide bonds. The van der Waals surface area contributed by atoms with Crippen LogP contribution in [0.15, 0.2) is 30.7 Å². The molecule has 3 aromatic heterocycles. The van der Waals surface area contributed by atoms with Crippen LogP contribution in [0.1, 0.15) is 12.8 Å². The standard InChI is InChI=1S/C17H20N6O/c1-24-17-20-8-5-14(23-17)13-10-21-16-12(4-7-19-16)15(13)22-11-3-2-6-18-9-11/h4-5,7-8,10-11,18H,2-3,6,9H2,1H3,(H2,19,21,22)/t11-/m1/s1. The van der Waals surface area contributed by atoms with Gasteiger partial charge in [0.1, 0.15) is 5.65 Å². The number of nitrogens with one attached hydrogen (secondary N) is 3. The highest BCUT2D eigenvalue weighted by Crippen LogP contribution is 2.33. The summed E-state index contributed by atoms with van der Waals surface area (Å²) < 4.78 is 5.16. The van der Waals surface area contributed by atoms with Crippen LogP contribution in [-0.4, -0.2) is 46.2 Å². The molecule has 24 heavy (non-hydrogen) atoms. The molecule has 1 aliphatic rings. The summed E-state index contributed by atoms with van der Waals surface area (Å²) in [6.07, 6.45) is 7.78. The molecule has 0 spiro atoms. The number of pyridine rings is 1. The summed E-state index contributed by atoms with van der Waals surface area (Å²) in [7, 11) is 1.57. The Morgan fingerprint density at radius 3 is 3.08 bits per heavy atom. The molecule has 0 radical (unpaired) electrons. The predicted molar refractivity (Wildman–Crippen MR) is 93.2 cm³/mol. The van der Waals surface area contributed by atoms with Gasteiger partial charge in [0.2, 0.25) is 0 Å². The van der Waals surface area contributed by atoms with Crippen LogP contribution >= 0.6 is 0 Å². The first-order chi connectivity index (χ1) is 11.8. The van der Waals surface area contributed by atoms with Crippen molar-refractivity contribution in [1.82, 2.24) is 25.3 Å². The Morgan fingerprint density at radius 2 is 2.25 bits per heavy atom. The third-order valence-corrected chi connectivity index (χ3v) is 4.32. The number of aromatic nitrogens is 4. The van der Waals surface area contributed by atoms with Gasteiger partial charge in [0.05, 0.1) is 18.5 Å². The zero-order chi connectivity index (χ0) is 16.4. The Kier molecular flexibility index (Phi) is 4.00. The van der Waals surface area contributed by atoms with E-state index in [1.165, 1.54) is 6.42 Å². The molecule has 0 aromatic carbocycles. The first-order valence-corrected chi connectivity index (χ1v) is 8.16. The van der Waals surface area contributed by atoms with Crippen molar-refractivity contribution in [2.45, 2.75) is 18.9 Å². The number of fused-ring (bicyclic) bond motifs is 1. The highest BCUT2D eigenvalue weighted by molar-refractivity contribution is 5.97. The van der Waals surface area contributed by atoms with Crippen LogP contribution in [0.5, 0.6) is 6.01 Å². The predicted octanol–water partition coefficient (Wildman–Crippen LogP) is 2.19. The first-order valence-electron chi connectivity index (χ1n) is 8.16. The second-order valence-corrected chi connectivity index (χ2v) is 5.90. The van der Waals surface area contributed by atoms with E-state index < -0.39 is 0 Å². The van der Waals surface area contributed by atoms with Gasteiger partial charge in [0.15, 0.2) is 0 Å². The molecule has 1 atom stereocenters. The van der Waals surface area contributed by atoms with Gasteiger partial charge in [-0.25, -0.2) is 9.97 Å². The van der Waals surface area contributed by atoms with E-state index in [1.807, 2.05) is 24.5 Å². The molecule has 7 heteroatoms. The van der Waals surface area contributed by atoms with Gasteiger partial charge in [-0.2, -0.15) is 4.98 Å². The SMILES string of the molecule is COc1nccc(-c2cnc3[nH]ccc3c2N[C@@H]2CCCNC2)n1. The number of H-pyrrole nitrogens is 1. The monoisotopic (exact) mass is 324 g/mol. The Morgan fingerprint density at radius 1 is 1.29 bits per heavy atom. The van der Waals surface area contributed by atoms with Crippen molar-refractivity contribution in [3.63, 3.8) is 0 Å². The number of methoxy groups -OCH3 is 1. The molecular weight excluding hydrogens is 304 g/mol. The number of piperidine rings is 1. The van der Waals surface area contributed by atoms with Crippen LogP contribution < -0.4 is 15.4 Å². The Balaban J connectivity index is 1.80. The van der Waals surface area contributed by atoms with E-state index in [2.05, 4.69) is 30.6 Å². The lowest BCUT2D eigenvalue weighted by molar-refractivity contribution is 0.380. The molecule has 0 aliphatic carbocycles. The van der Waals surface area contributed by atoms with Gasteiger partial charge in [0.25, 0.3) is 0 Å². The van der Waals surface area contributed by atoms with Crippen LogP contribution in [-0.2, 0) is 0 Å². The maximum Gasteiger partial charge on any atom is 0.316 e. The molecule has 0 bridgehead atoms. The van der Waals surface area contributed by atoms with Crippen molar-refractivity contribution in [1.29, 1.82) is 0 Å². The van der Waals surface area contributed by atoms with E-state index in [0.717, 1.165) is 47.5 Å². The number of nitrogens with zero attached hydrogens (tertiary/aromatic N) is 3. The van der Waals surface area contributed by atoms with Crippen LogP contribution in [0.2, 0.25) is 0 Å². The molecule has 0 saturated carbocycles. The molecule has 7 nitrogen and oxygen atoms in total. The van der Waals surface area contributed by atoms with Crippen LogP contribution in [0.25, 0.3) is 22.3 Å². The molecule has 1 aliphatic heterocycles. The van der Waals surface area contributed by atoms with Gasteiger partial charge < -0.3 is 20.4 Å². The fourth-order valence-electron chi connectivity index (χ4n) is 3.13. The molecule has 0 unspecified atom stereocenters. The quantitative estimate of drug-likeness (QED) is 0.682. The zero-order valence-electron chi connectivity index (χ0n) is 13.5. The van der Waals surface area contributed by atoms with E-state index in [1.54, 1.807) is 13.3 Å². The minimum atomic E-state index is 0.354. The van der Waals surface area contributed by atoms with Gasteiger partial charge in [-0.3, -0.25) is 0 Å². The van der Waals surface area contributed by atoms with Gasteiger partial charge in [-0.1, -0.05) is 0 Å². The molecule has 3 N–H and O–H groups in total. The van der Waals surface area contributed by atoms with Gasteiger partial charge in [-0.15, -0.1) is 0 Å². The summed E-state index contributed by atoms with van der Waals surface area (Å²) in [4.78, 5) is 16.2. The Labute approximate surface area is 139 Å². The lowest BCUT2D eigenvalue weighted by Crippen LogP contribution is -2.38. The smallest absolute Gasteiger partial charge is 0.316 e. The number of ether oxygens (including phenoxy) is 1. The fraction of sp³-hybridized carbons (Fsp3) is 0.353. The summed E-state index contributed by atoms with van der Waals surface area (Å²) in [5.74, 6) is 0. The molecule has 1 fully saturated rings.